The van der Waals surface area contributed by atoms with E-state index in [0.29, 0.717) is 17.9 Å². The van der Waals surface area contributed by atoms with Gasteiger partial charge < -0.3 is 14.9 Å². The van der Waals surface area contributed by atoms with Crippen LogP contribution in [0.4, 0.5) is 0 Å². The number of phenolic OH excluding ortho intramolecular Hbond substituents is 2. The summed E-state index contributed by atoms with van der Waals surface area (Å²) in [5.74, 6) is -0.918. The lowest BCUT2D eigenvalue weighted by atomic mass is 9.72. The van der Waals surface area contributed by atoms with Gasteiger partial charge in [-0.15, -0.1) is 0 Å². The molecule has 0 amide bonds. The molecule has 1 atom stereocenters. The lowest BCUT2D eigenvalue weighted by molar-refractivity contribution is -0.168. The highest BCUT2D eigenvalue weighted by molar-refractivity contribution is 6.15. The maximum atomic E-state index is 12.9. The molecule has 3 fully saturated rings. The van der Waals surface area contributed by atoms with E-state index < -0.39 is 11.5 Å². The Morgan fingerprint density at radius 1 is 1.25 bits per heavy atom. The minimum absolute atomic E-state index is 0.222. The van der Waals surface area contributed by atoms with E-state index in [1.807, 2.05) is 4.90 Å². The Kier molecular flexibility index (Phi) is 4.32. The van der Waals surface area contributed by atoms with Crippen LogP contribution in [0.2, 0.25) is 0 Å². The Bertz CT molecular complexity index is 691. The van der Waals surface area contributed by atoms with Crippen LogP contribution in [0.3, 0.4) is 0 Å². The van der Waals surface area contributed by atoms with Gasteiger partial charge in [-0.25, -0.2) is 4.79 Å². The van der Waals surface area contributed by atoms with Crippen LogP contribution >= 0.6 is 0 Å². The number of benzene rings is 1. The zero-order valence-corrected chi connectivity index (χ0v) is 13.6. The summed E-state index contributed by atoms with van der Waals surface area (Å²) in [5.41, 5.74) is -0.666. The SMILES string of the molecule is COC(=O)C1(C(=O)/C=C/c2ccc(O)c(O)c2)CC2CCN1CC2. The number of ketones is 1. The number of rotatable bonds is 4. The van der Waals surface area contributed by atoms with Gasteiger partial charge in [0.15, 0.2) is 22.8 Å². The highest BCUT2D eigenvalue weighted by Crippen LogP contribution is 2.41. The van der Waals surface area contributed by atoms with Gasteiger partial charge in [-0.1, -0.05) is 12.1 Å². The Hall–Kier alpha value is -2.34. The summed E-state index contributed by atoms with van der Waals surface area (Å²) in [4.78, 5) is 27.3. The van der Waals surface area contributed by atoms with Crippen molar-refractivity contribution in [1.82, 2.24) is 4.90 Å². The molecular formula is C18H21NO5. The molecule has 0 aromatic heterocycles. The molecule has 1 aromatic rings. The van der Waals surface area contributed by atoms with Crippen LogP contribution in [0.5, 0.6) is 11.5 Å². The third-order valence-corrected chi connectivity index (χ3v) is 5.10. The van der Waals surface area contributed by atoms with Crippen molar-refractivity contribution in [1.29, 1.82) is 0 Å². The van der Waals surface area contributed by atoms with Crippen molar-refractivity contribution in [3.8, 4) is 11.5 Å². The predicted octanol–water partition coefficient (Wildman–Crippen LogP) is 1.71. The average Bonchev–Trinajstić information content (AvgIpc) is 2.62. The molecule has 6 nitrogen and oxygen atoms in total. The van der Waals surface area contributed by atoms with Crippen LogP contribution < -0.4 is 0 Å². The van der Waals surface area contributed by atoms with Gasteiger partial charge in [0.05, 0.1) is 7.11 Å². The fourth-order valence-electron chi connectivity index (χ4n) is 3.76. The van der Waals surface area contributed by atoms with Gasteiger partial charge in [0.1, 0.15) is 0 Å². The number of methoxy groups -OCH3 is 1. The molecule has 1 aromatic carbocycles. The Morgan fingerprint density at radius 3 is 2.50 bits per heavy atom. The molecule has 3 heterocycles. The molecule has 6 heteroatoms. The van der Waals surface area contributed by atoms with E-state index in [9.17, 15) is 19.8 Å². The molecule has 2 N–H and O–H groups in total. The second-order valence-electron chi connectivity index (χ2n) is 6.43. The largest absolute Gasteiger partial charge is 0.504 e. The van der Waals surface area contributed by atoms with E-state index in [2.05, 4.69) is 0 Å². The zero-order chi connectivity index (χ0) is 17.3. The van der Waals surface area contributed by atoms with Gasteiger partial charge in [0.25, 0.3) is 0 Å². The Labute approximate surface area is 140 Å². The molecule has 0 saturated carbocycles. The first-order chi connectivity index (χ1) is 11.5. The quantitative estimate of drug-likeness (QED) is 0.378. The molecule has 1 unspecified atom stereocenters. The predicted molar refractivity (Wildman–Crippen MR) is 87.5 cm³/mol. The smallest absolute Gasteiger partial charge is 0.334 e. The van der Waals surface area contributed by atoms with Gasteiger partial charge in [0.2, 0.25) is 0 Å². The molecule has 128 valence electrons. The summed E-state index contributed by atoms with van der Waals surface area (Å²) in [6.45, 7) is 1.44. The molecule has 3 aliphatic rings. The number of ether oxygens (including phenoxy) is 1. The van der Waals surface area contributed by atoms with Crippen molar-refractivity contribution >= 4 is 17.8 Å². The van der Waals surface area contributed by atoms with Crippen molar-refractivity contribution in [2.24, 2.45) is 5.92 Å². The monoisotopic (exact) mass is 331 g/mol. The first kappa shape index (κ1) is 16.5. The highest BCUT2D eigenvalue weighted by Gasteiger charge is 2.56. The molecule has 0 aliphatic carbocycles. The lowest BCUT2D eigenvalue weighted by Crippen LogP contribution is -2.66. The van der Waals surface area contributed by atoms with Crippen LogP contribution in [0.25, 0.3) is 6.08 Å². The summed E-state index contributed by atoms with van der Waals surface area (Å²) in [7, 11) is 1.31. The molecular weight excluding hydrogens is 310 g/mol. The second-order valence-corrected chi connectivity index (χ2v) is 6.43. The topological polar surface area (TPSA) is 87.1 Å². The molecule has 24 heavy (non-hydrogen) atoms. The number of phenols is 2. The fourth-order valence-corrected chi connectivity index (χ4v) is 3.76. The van der Waals surface area contributed by atoms with E-state index in [-0.39, 0.29) is 17.3 Å². The van der Waals surface area contributed by atoms with E-state index in [1.165, 1.54) is 31.4 Å². The van der Waals surface area contributed by atoms with Gasteiger partial charge in [-0.3, -0.25) is 9.69 Å². The minimum Gasteiger partial charge on any atom is -0.504 e. The van der Waals surface area contributed by atoms with Crippen LogP contribution in [0, 0.1) is 5.92 Å². The number of fused-ring (bicyclic) bond motifs is 3. The van der Waals surface area contributed by atoms with E-state index in [0.717, 1.165) is 25.9 Å². The van der Waals surface area contributed by atoms with Crippen LogP contribution in [-0.4, -0.2) is 52.6 Å². The summed E-state index contributed by atoms with van der Waals surface area (Å²) >= 11 is 0. The first-order valence-corrected chi connectivity index (χ1v) is 8.05. The van der Waals surface area contributed by atoms with Crippen LogP contribution in [-0.2, 0) is 14.3 Å². The normalized spacial score (nSPS) is 28.9. The van der Waals surface area contributed by atoms with Crippen LogP contribution in [0.1, 0.15) is 24.8 Å². The molecule has 2 bridgehead atoms. The molecule has 3 saturated heterocycles. The number of carbonyl (C=O) groups excluding carboxylic acids is 2. The minimum atomic E-state index is -1.23. The fraction of sp³-hybridized carbons (Fsp3) is 0.444. The first-order valence-electron chi connectivity index (χ1n) is 8.05. The summed E-state index contributed by atoms with van der Waals surface area (Å²) < 4.78 is 4.95. The summed E-state index contributed by atoms with van der Waals surface area (Å²) in [5, 5.41) is 18.9. The van der Waals surface area contributed by atoms with E-state index >= 15 is 0 Å². The average molecular weight is 331 g/mol. The van der Waals surface area contributed by atoms with Crippen molar-refractivity contribution in [2.75, 3.05) is 20.2 Å². The third-order valence-electron chi connectivity index (χ3n) is 5.10. The standard InChI is InChI=1S/C18H21NO5/c1-24-17(23)18(11-13-6-8-19(18)9-7-13)16(22)5-3-12-2-4-14(20)15(21)10-12/h2-5,10,13,20-21H,6-9,11H2,1H3/b5-3+. The van der Waals surface area contributed by atoms with Crippen molar-refractivity contribution < 1.29 is 24.5 Å². The second kappa shape index (κ2) is 6.28. The number of carbonyl (C=O) groups is 2. The number of hydrogen-bond donors (Lipinski definition) is 2. The van der Waals surface area contributed by atoms with Crippen molar-refractivity contribution in [3.63, 3.8) is 0 Å². The van der Waals surface area contributed by atoms with Crippen molar-refractivity contribution in [2.45, 2.75) is 24.8 Å². The van der Waals surface area contributed by atoms with Gasteiger partial charge >= 0.3 is 5.97 Å². The summed E-state index contributed by atoms with van der Waals surface area (Å²) in [6, 6.07) is 4.29. The number of piperidine rings is 3. The number of esters is 1. The number of nitrogens with zero attached hydrogens (tertiary/aromatic N) is 1. The lowest BCUT2D eigenvalue weighted by Gasteiger charge is -2.50. The number of aromatic hydroxyl groups is 2. The van der Waals surface area contributed by atoms with Crippen LogP contribution in [0.15, 0.2) is 24.3 Å². The molecule has 0 spiro atoms. The van der Waals surface area contributed by atoms with E-state index in [1.54, 1.807) is 6.07 Å². The van der Waals surface area contributed by atoms with Gasteiger partial charge in [0, 0.05) is 0 Å². The van der Waals surface area contributed by atoms with E-state index in [4.69, 9.17) is 4.74 Å². The molecule has 4 rings (SSSR count). The summed E-state index contributed by atoms with van der Waals surface area (Å²) in [6.07, 6.45) is 5.39. The van der Waals surface area contributed by atoms with Gasteiger partial charge in [-0.05, 0) is 62.0 Å². The highest BCUT2D eigenvalue weighted by atomic mass is 16.5. The number of hydrogen-bond acceptors (Lipinski definition) is 6. The van der Waals surface area contributed by atoms with Crippen molar-refractivity contribution in [3.05, 3.63) is 29.8 Å². The molecule has 3 aliphatic heterocycles. The molecule has 0 radical (unpaired) electrons. The third kappa shape index (κ3) is 2.67. The Morgan fingerprint density at radius 2 is 1.96 bits per heavy atom. The zero-order valence-electron chi connectivity index (χ0n) is 13.6. The maximum absolute atomic E-state index is 12.9. The van der Waals surface area contributed by atoms with Gasteiger partial charge in [-0.2, -0.15) is 0 Å². The Balaban J connectivity index is 1.88. The maximum Gasteiger partial charge on any atom is 0.334 e.